The summed E-state index contributed by atoms with van der Waals surface area (Å²) >= 11 is 1.76. The van der Waals surface area contributed by atoms with Crippen molar-refractivity contribution in [1.29, 1.82) is 0 Å². The first-order valence-corrected chi connectivity index (χ1v) is 9.34. The Morgan fingerprint density at radius 1 is 1.20 bits per heavy atom. The first-order chi connectivity index (χ1) is 12.2. The lowest BCUT2D eigenvalue weighted by Crippen LogP contribution is -2.31. The average molecular weight is 355 g/mol. The number of thioether (sulfide) groups is 1. The summed E-state index contributed by atoms with van der Waals surface area (Å²) in [6.45, 7) is 0. The fourth-order valence-corrected chi connectivity index (χ4v) is 4.53. The van der Waals surface area contributed by atoms with Crippen molar-refractivity contribution in [2.45, 2.75) is 24.3 Å². The van der Waals surface area contributed by atoms with Crippen molar-refractivity contribution in [3.8, 4) is 5.75 Å². The predicted octanol–water partition coefficient (Wildman–Crippen LogP) is 3.93. The van der Waals surface area contributed by atoms with Crippen molar-refractivity contribution >= 4 is 24.0 Å². The molecule has 2 aromatic rings. The van der Waals surface area contributed by atoms with Crippen LogP contribution in [0.2, 0.25) is 0 Å². The molecule has 0 bridgehead atoms. The topological polar surface area (TPSA) is 46.6 Å². The smallest absolute Gasteiger partial charge is 0.211 e. The molecule has 0 N–H and O–H groups in total. The number of hydrogen-bond donors (Lipinski definition) is 0. The summed E-state index contributed by atoms with van der Waals surface area (Å²) < 4.78 is 5.11. The minimum atomic E-state index is 0.0415. The van der Waals surface area contributed by atoms with E-state index in [1.807, 2.05) is 35.2 Å². The zero-order chi connectivity index (χ0) is 17.6. The number of methoxy groups -OCH3 is 1. The first kappa shape index (κ1) is 17.5. The summed E-state index contributed by atoms with van der Waals surface area (Å²) in [4.78, 5) is 25.8. The number of benzene rings is 2. The molecule has 1 fully saturated rings. The molecule has 2 atom stereocenters. The zero-order valence-electron chi connectivity index (χ0n) is 14.1. The van der Waals surface area contributed by atoms with Crippen LogP contribution in [0, 0.1) is 0 Å². The van der Waals surface area contributed by atoms with Crippen LogP contribution in [-0.2, 0) is 4.79 Å². The van der Waals surface area contributed by atoms with Gasteiger partial charge in [-0.1, -0.05) is 30.3 Å². The fraction of sp³-hybridized carbons (Fsp3) is 0.300. The molecule has 25 heavy (non-hydrogen) atoms. The number of amides is 1. The maximum atomic E-state index is 12.4. The Kier molecular flexibility index (Phi) is 5.76. The molecule has 3 rings (SSSR count). The maximum absolute atomic E-state index is 12.4. The van der Waals surface area contributed by atoms with Crippen LogP contribution in [0.15, 0.2) is 54.6 Å². The molecule has 1 aliphatic rings. The first-order valence-electron chi connectivity index (χ1n) is 8.29. The predicted molar refractivity (Wildman–Crippen MR) is 99.9 cm³/mol. The van der Waals surface area contributed by atoms with E-state index < -0.39 is 0 Å². The monoisotopic (exact) mass is 355 g/mol. The molecule has 1 heterocycles. The highest BCUT2D eigenvalue weighted by Crippen LogP contribution is 2.41. The molecule has 4 nitrogen and oxygen atoms in total. The molecule has 0 spiro atoms. The van der Waals surface area contributed by atoms with Crippen LogP contribution >= 0.6 is 11.8 Å². The van der Waals surface area contributed by atoms with Gasteiger partial charge in [-0.05, 0) is 36.2 Å². The van der Waals surface area contributed by atoms with E-state index in [2.05, 4.69) is 0 Å². The second kappa shape index (κ2) is 8.21. The normalized spacial score (nSPS) is 19.6. The number of rotatable bonds is 7. The second-order valence-electron chi connectivity index (χ2n) is 5.99. The number of nitrogens with zero attached hydrogens (tertiary/aromatic N) is 1. The van der Waals surface area contributed by atoms with Gasteiger partial charge in [-0.25, -0.2) is 0 Å². The van der Waals surface area contributed by atoms with Gasteiger partial charge in [-0.2, -0.15) is 0 Å². The van der Waals surface area contributed by atoms with Gasteiger partial charge in [0, 0.05) is 23.8 Å². The van der Waals surface area contributed by atoms with Crippen molar-refractivity contribution in [3.05, 3.63) is 65.7 Å². The largest absolute Gasteiger partial charge is 0.497 e. The summed E-state index contributed by atoms with van der Waals surface area (Å²) in [5.74, 6) is 1.69. The van der Waals surface area contributed by atoms with E-state index in [0.29, 0.717) is 18.4 Å². The molecular weight excluding hydrogens is 334 g/mol. The minimum Gasteiger partial charge on any atom is -0.497 e. The number of hydrogen-bond acceptors (Lipinski definition) is 4. The van der Waals surface area contributed by atoms with Crippen molar-refractivity contribution in [2.75, 3.05) is 12.9 Å². The Hall–Kier alpha value is -2.27. The Balaban J connectivity index is 1.60. The molecule has 0 saturated carbocycles. The molecular formula is C20H21NO3S. The van der Waals surface area contributed by atoms with Crippen LogP contribution in [0.5, 0.6) is 5.75 Å². The van der Waals surface area contributed by atoms with Crippen molar-refractivity contribution in [2.24, 2.45) is 0 Å². The van der Waals surface area contributed by atoms with Gasteiger partial charge >= 0.3 is 0 Å². The van der Waals surface area contributed by atoms with Crippen molar-refractivity contribution < 1.29 is 14.3 Å². The summed E-state index contributed by atoms with van der Waals surface area (Å²) in [6, 6.07) is 17.3. The van der Waals surface area contributed by atoms with E-state index in [0.717, 1.165) is 23.5 Å². The minimum absolute atomic E-state index is 0.0415. The maximum Gasteiger partial charge on any atom is 0.211 e. The SMILES string of the molecule is COc1ccc(C(=O)CCC2CSC(c3ccccc3)N2C=O)cc1. The number of Topliss-reactive ketones (excluding diaryl/α,β-unsaturated/α-hetero) is 1. The van der Waals surface area contributed by atoms with E-state index in [1.54, 1.807) is 43.1 Å². The van der Waals surface area contributed by atoms with Crippen LogP contribution in [-0.4, -0.2) is 36.0 Å². The highest BCUT2D eigenvalue weighted by Gasteiger charge is 2.33. The lowest BCUT2D eigenvalue weighted by atomic mass is 10.0. The Labute approximate surface area is 152 Å². The Morgan fingerprint density at radius 2 is 1.92 bits per heavy atom. The van der Waals surface area contributed by atoms with E-state index in [4.69, 9.17) is 4.74 Å². The summed E-state index contributed by atoms with van der Waals surface area (Å²) in [7, 11) is 1.60. The third kappa shape index (κ3) is 4.04. The molecule has 2 aromatic carbocycles. The molecule has 130 valence electrons. The lowest BCUT2D eigenvalue weighted by Gasteiger charge is -2.25. The zero-order valence-corrected chi connectivity index (χ0v) is 14.9. The van der Waals surface area contributed by atoms with Crippen LogP contribution < -0.4 is 4.74 Å². The quantitative estimate of drug-likeness (QED) is 0.558. The van der Waals surface area contributed by atoms with Crippen LogP contribution in [0.25, 0.3) is 0 Å². The molecule has 2 unspecified atom stereocenters. The fourth-order valence-electron chi connectivity index (χ4n) is 3.04. The second-order valence-corrected chi connectivity index (χ2v) is 7.11. The Morgan fingerprint density at radius 3 is 2.56 bits per heavy atom. The third-order valence-electron chi connectivity index (χ3n) is 4.46. The van der Waals surface area contributed by atoms with Gasteiger partial charge in [0.25, 0.3) is 0 Å². The number of carbonyl (C=O) groups excluding carboxylic acids is 2. The molecule has 1 amide bonds. The molecule has 0 aliphatic carbocycles. The standard InChI is InChI=1S/C20H21NO3S/c1-24-18-10-7-15(8-11-18)19(23)12-9-17-13-25-20(21(17)14-22)16-5-3-2-4-6-16/h2-8,10-11,14,17,20H,9,12-13H2,1H3. The van der Waals surface area contributed by atoms with Crippen LogP contribution in [0.3, 0.4) is 0 Å². The highest BCUT2D eigenvalue weighted by atomic mass is 32.2. The van der Waals surface area contributed by atoms with Gasteiger partial charge in [-0.15, -0.1) is 11.8 Å². The number of carbonyl (C=O) groups is 2. The third-order valence-corrected chi connectivity index (χ3v) is 5.87. The van der Waals surface area contributed by atoms with Gasteiger partial charge < -0.3 is 9.64 Å². The van der Waals surface area contributed by atoms with Crippen LogP contribution in [0.1, 0.15) is 34.1 Å². The van der Waals surface area contributed by atoms with Gasteiger partial charge in [0.1, 0.15) is 11.1 Å². The van der Waals surface area contributed by atoms with Crippen LogP contribution in [0.4, 0.5) is 0 Å². The van der Waals surface area contributed by atoms with Crippen molar-refractivity contribution in [1.82, 2.24) is 4.90 Å². The lowest BCUT2D eigenvalue weighted by molar-refractivity contribution is -0.120. The summed E-state index contributed by atoms with van der Waals surface area (Å²) in [5, 5.41) is 0.0415. The van der Waals surface area contributed by atoms with Crippen molar-refractivity contribution in [3.63, 3.8) is 0 Å². The van der Waals surface area contributed by atoms with Gasteiger partial charge in [-0.3, -0.25) is 9.59 Å². The molecule has 1 aliphatic heterocycles. The van der Waals surface area contributed by atoms with E-state index >= 15 is 0 Å². The molecule has 1 saturated heterocycles. The van der Waals surface area contributed by atoms with Gasteiger partial charge in [0.2, 0.25) is 6.41 Å². The molecule has 0 aromatic heterocycles. The summed E-state index contributed by atoms with van der Waals surface area (Å²) in [5.41, 5.74) is 1.81. The van der Waals surface area contributed by atoms with E-state index in [-0.39, 0.29) is 17.2 Å². The summed E-state index contributed by atoms with van der Waals surface area (Å²) in [6.07, 6.45) is 2.03. The van der Waals surface area contributed by atoms with Gasteiger partial charge in [0.15, 0.2) is 5.78 Å². The highest BCUT2D eigenvalue weighted by molar-refractivity contribution is 7.99. The van der Waals surface area contributed by atoms with E-state index in [1.165, 1.54) is 0 Å². The number of ether oxygens (including phenoxy) is 1. The van der Waals surface area contributed by atoms with Gasteiger partial charge in [0.05, 0.1) is 7.11 Å². The average Bonchev–Trinajstić information content (AvgIpc) is 3.09. The Bertz CT molecular complexity index is 717. The number of ketones is 1. The molecule has 0 radical (unpaired) electrons. The molecule has 5 heteroatoms. The van der Waals surface area contributed by atoms with E-state index in [9.17, 15) is 9.59 Å².